The molecular formula is C25H24N6O4. The molecule has 4 rings (SSSR count). The van der Waals surface area contributed by atoms with E-state index in [4.69, 9.17) is 9.47 Å². The van der Waals surface area contributed by atoms with Crippen molar-refractivity contribution in [2.75, 3.05) is 24.4 Å². The van der Waals surface area contributed by atoms with Crippen LogP contribution in [0.15, 0.2) is 72.8 Å². The highest BCUT2D eigenvalue weighted by atomic mass is 16.5. The van der Waals surface area contributed by atoms with Crippen molar-refractivity contribution in [2.45, 2.75) is 13.5 Å². The second-order valence-corrected chi connectivity index (χ2v) is 7.57. The molecule has 0 bridgehead atoms. The summed E-state index contributed by atoms with van der Waals surface area (Å²) in [6.07, 6.45) is 0. The van der Waals surface area contributed by atoms with Gasteiger partial charge in [0.25, 0.3) is 5.91 Å². The number of para-hydroxylation sites is 2. The van der Waals surface area contributed by atoms with Crippen LogP contribution in [0, 0.1) is 6.92 Å². The number of hydrogen-bond donors (Lipinski definition) is 2. The number of carbonyl (C=O) groups excluding carboxylic acids is 2. The van der Waals surface area contributed by atoms with Gasteiger partial charge in [-0.05, 0) is 60.2 Å². The van der Waals surface area contributed by atoms with Gasteiger partial charge < -0.3 is 20.1 Å². The lowest BCUT2D eigenvalue weighted by molar-refractivity contribution is -0.118. The summed E-state index contributed by atoms with van der Waals surface area (Å²) < 4.78 is 10.7. The maximum Gasteiger partial charge on any atom is 0.262 e. The summed E-state index contributed by atoms with van der Waals surface area (Å²) in [5, 5.41) is 17.9. The van der Waals surface area contributed by atoms with Gasteiger partial charge in [0.2, 0.25) is 11.7 Å². The Bertz CT molecular complexity index is 1320. The summed E-state index contributed by atoms with van der Waals surface area (Å²) in [4.78, 5) is 26.0. The van der Waals surface area contributed by atoms with Gasteiger partial charge in [0, 0.05) is 11.3 Å². The summed E-state index contributed by atoms with van der Waals surface area (Å²) in [5.41, 5.74) is 2.64. The normalized spacial score (nSPS) is 10.5. The molecule has 0 fully saturated rings. The van der Waals surface area contributed by atoms with E-state index in [1.165, 1.54) is 4.80 Å². The van der Waals surface area contributed by atoms with Crippen molar-refractivity contribution in [3.63, 3.8) is 0 Å². The predicted octanol–water partition coefficient (Wildman–Crippen LogP) is 3.31. The van der Waals surface area contributed by atoms with Crippen molar-refractivity contribution in [3.05, 3.63) is 78.4 Å². The van der Waals surface area contributed by atoms with Crippen LogP contribution in [-0.2, 0) is 16.1 Å². The van der Waals surface area contributed by atoms with Gasteiger partial charge >= 0.3 is 0 Å². The van der Waals surface area contributed by atoms with Crippen LogP contribution < -0.4 is 20.1 Å². The van der Waals surface area contributed by atoms with E-state index < -0.39 is 0 Å². The van der Waals surface area contributed by atoms with Crippen LogP contribution in [0.2, 0.25) is 0 Å². The molecule has 0 saturated carbocycles. The van der Waals surface area contributed by atoms with Crippen molar-refractivity contribution < 1.29 is 19.1 Å². The zero-order chi connectivity index (χ0) is 24.6. The minimum atomic E-state index is -0.327. The Kier molecular flexibility index (Phi) is 7.31. The molecule has 1 aromatic heterocycles. The number of tetrazole rings is 1. The van der Waals surface area contributed by atoms with Crippen molar-refractivity contribution >= 4 is 23.2 Å². The number of methoxy groups -OCH3 is 1. The second-order valence-electron chi connectivity index (χ2n) is 7.57. The molecule has 0 radical (unpaired) electrons. The lowest BCUT2D eigenvalue weighted by Crippen LogP contribution is -2.21. The quantitative estimate of drug-likeness (QED) is 0.383. The molecule has 10 heteroatoms. The molecule has 3 aromatic carbocycles. The molecule has 35 heavy (non-hydrogen) atoms. The summed E-state index contributed by atoms with van der Waals surface area (Å²) in [6, 6.07) is 21.5. The van der Waals surface area contributed by atoms with Crippen molar-refractivity contribution in [1.82, 2.24) is 20.2 Å². The van der Waals surface area contributed by atoms with Crippen LogP contribution in [0.5, 0.6) is 11.5 Å². The topological polar surface area (TPSA) is 120 Å². The van der Waals surface area contributed by atoms with Crippen LogP contribution in [0.25, 0.3) is 11.4 Å². The number of carbonyl (C=O) groups is 2. The first kappa shape index (κ1) is 23.4. The monoisotopic (exact) mass is 472 g/mol. The third kappa shape index (κ3) is 6.20. The average molecular weight is 473 g/mol. The number of rotatable bonds is 9. The molecule has 0 unspecified atom stereocenters. The van der Waals surface area contributed by atoms with Gasteiger partial charge in [-0.25, -0.2) is 0 Å². The molecule has 1 heterocycles. The van der Waals surface area contributed by atoms with Crippen LogP contribution in [0.3, 0.4) is 0 Å². The Labute approximate surface area is 201 Å². The van der Waals surface area contributed by atoms with E-state index in [1.807, 2.05) is 31.2 Å². The van der Waals surface area contributed by atoms with Gasteiger partial charge in [-0.3, -0.25) is 9.59 Å². The van der Waals surface area contributed by atoms with Crippen molar-refractivity contribution in [2.24, 2.45) is 0 Å². The number of anilines is 2. The molecule has 10 nitrogen and oxygen atoms in total. The van der Waals surface area contributed by atoms with Gasteiger partial charge in [-0.15, -0.1) is 10.2 Å². The van der Waals surface area contributed by atoms with E-state index in [-0.39, 0.29) is 30.8 Å². The van der Waals surface area contributed by atoms with E-state index in [0.29, 0.717) is 28.4 Å². The Hall–Kier alpha value is -4.73. The van der Waals surface area contributed by atoms with Crippen molar-refractivity contribution in [3.8, 4) is 22.9 Å². The number of amides is 2. The summed E-state index contributed by atoms with van der Waals surface area (Å²) in [5.74, 6) is 0.977. The van der Waals surface area contributed by atoms with E-state index in [9.17, 15) is 9.59 Å². The minimum Gasteiger partial charge on any atom is -0.497 e. The average Bonchev–Trinajstić information content (AvgIpc) is 3.32. The Balaban J connectivity index is 1.38. The molecule has 0 atom stereocenters. The molecule has 0 aliphatic carbocycles. The Morgan fingerprint density at radius 1 is 0.914 bits per heavy atom. The van der Waals surface area contributed by atoms with E-state index >= 15 is 0 Å². The van der Waals surface area contributed by atoms with Crippen LogP contribution >= 0.6 is 0 Å². The third-order valence-electron chi connectivity index (χ3n) is 5.01. The van der Waals surface area contributed by atoms with Gasteiger partial charge in [-0.1, -0.05) is 30.3 Å². The maximum absolute atomic E-state index is 12.5. The molecular weight excluding hydrogens is 448 g/mol. The number of ether oxygens (including phenoxy) is 2. The fraction of sp³-hybridized carbons (Fsp3) is 0.160. The highest BCUT2D eigenvalue weighted by Crippen LogP contribution is 2.24. The van der Waals surface area contributed by atoms with Crippen LogP contribution in [0.4, 0.5) is 11.4 Å². The van der Waals surface area contributed by atoms with Gasteiger partial charge in [0.05, 0.1) is 12.8 Å². The fourth-order valence-corrected chi connectivity index (χ4v) is 3.26. The van der Waals surface area contributed by atoms with Crippen LogP contribution in [-0.4, -0.2) is 45.7 Å². The molecule has 0 aliphatic heterocycles. The van der Waals surface area contributed by atoms with Gasteiger partial charge in [0.1, 0.15) is 18.0 Å². The van der Waals surface area contributed by atoms with Crippen molar-refractivity contribution in [1.29, 1.82) is 0 Å². The molecule has 0 aliphatic rings. The molecule has 0 spiro atoms. The third-order valence-corrected chi connectivity index (χ3v) is 5.01. The first-order valence-electron chi connectivity index (χ1n) is 10.8. The molecule has 178 valence electrons. The lowest BCUT2D eigenvalue weighted by Gasteiger charge is -2.11. The van der Waals surface area contributed by atoms with E-state index in [1.54, 1.807) is 55.6 Å². The smallest absolute Gasteiger partial charge is 0.262 e. The molecule has 2 N–H and O–H groups in total. The van der Waals surface area contributed by atoms with E-state index in [2.05, 4.69) is 26.0 Å². The van der Waals surface area contributed by atoms with Gasteiger partial charge in [-0.2, -0.15) is 4.80 Å². The summed E-state index contributed by atoms with van der Waals surface area (Å²) in [7, 11) is 1.57. The molecule has 0 saturated heterocycles. The standard InChI is InChI=1S/C25H24N6O4/c1-17-7-3-6-10-22(17)35-16-24(33)27-21-9-5-4-8-20(21)25-28-30-31(29-25)15-23(32)26-18-11-13-19(34-2)14-12-18/h3-14H,15-16H2,1-2H3,(H,26,32)(H,27,33). The minimum absolute atomic E-state index is 0.127. The first-order valence-corrected chi connectivity index (χ1v) is 10.8. The summed E-state index contributed by atoms with van der Waals surface area (Å²) in [6.45, 7) is 1.64. The number of aromatic nitrogens is 4. The molecule has 2 amide bonds. The lowest BCUT2D eigenvalue weighted by atomic mass is 10.1. The Morgan fingerprint density at radius 2 is 1.66 bits per heavy atom. The number of nitrogens with zero attached hydrogens (tertiary/aromatic N) is 4. The number of aryl methyl sites for hydroxylation is 1. The highest BCUT2D eigenvalue weighted by molar-refractivity contribution is 5.95. The predicted molar refractivity (Wildman–Crippen MR) is 130 cm³/mol. The molecule has 4 aromatic rings. The maximum atomic E-state index is 12.5. The number of nitrogens with one attached hydrogen (secondary N) is 2. The largest absolute Gasteiger partial charge is 0.497 e. The van der Waals surface area contributed by atoms with E-state index in [0.717, 1.165) is 5.56 Å². The summed E-state index contributed by atoms with van der Waals surface area (Å²) >= 11 is 0. The zero-order valence-electron chi connectivity index (χ0n) is 19.3. The number of benzene rings is 3. The highest BCUT2D eigenvalue weighted by Gasteiger charge is 2.15. The van der Waals surface area contributed by atoms with Gasteiger partial charge in [0.15, 0.2) is 6.61 Å². The second kappa shape index (κ2) is 10.9. The number of hydrogen-bond acceptors (Lipinski definition) is 7. The SMILES string of the molecule is COc1ccc(NC(=O)Cn2nnc(-c3ccccc3NC(=O)COc3ccccc3C)n2)cc1. The zero-order valence-corrected chi connectivity index (χ0v) is 19.3. The Morgan fingerprint density at radius 3 is 2.43 bits per heavy atom. The van der Waals surface area contributed by atoms with Crippen LogP contribution in [0.1, 0.15) is 5.56 Å². The fourth-order valence-electron chi connectivity index (χ4n) is 3.26. The first-order chi connectivity index (χ1) is 17.0.